The highest BCUT2D eigenvalue weighted by atomic mass is 16.5. The summed E-state index contributed by atoms with van der Waals surface area (Å²) in [5.41, 5.74) is 4.04. The monoisotopic (exact) mass is 351 g/mol. The van der Waals surface area contributed by atoms with Gasteiger partial charge < -0.3 is 15.0 Å². The third-order valence-corrected chi connectivity index (χ3v) is 4.58. The van der Waals surface area contributed by atoms with Crippen LogP contribution in [0.15, 0.2) is 42.5 Å². The van der Waals surface area contributed by atoms with Gasteiger partial charge in [0.15, 0.2) is 0 Å². The van der Waals surface area contributed by atoms with Crippen LogP contribution in [0, 0.1) is 0 Å². The number of benzene rings is 2. The topological polar surface area (TPSA) is 72.3 Å². The summed E-state index contributed by atoms with van der Waals surface area (Å²) in [6.07, 6.45) is 0. The second kappa shape index (κ2) is 7.13. The van der Waals surface area contributed by atoms with Crippen LogP contribution in [-0.2, 0) is 11.3 Å². The average Bonchev–Trinajstić information content (AvgIpc) is 3.11. The van der Waals surface area contributed by atoms with Crippen molar-refractivity contribution in [2.75, 3.05) is 36.5 Å². The molecule has 1 saturated heterocycles. The molecule has 0 bridgehead atoms. The van der Waals surface area contributed by atoms with Crippen LogP contribution >= 0.6 is 0 Å². The predicted octanol–water partition coefficient (Wildman–Crippen LogP) is 2.54. The van der Waals surface area contributed by atoms with Crippen molar-refractivity contribution in [2.45, 2.75) is 13.5 Å². The van der Waals surface area contributed by atoms with Crippen LogP contribution in [0.4, 0.5) is 11.4 Å². The highest BCUT2D eigenvalue weighted by molar-refractivity contribution is 6.07. The number of rotatable bonds is 4. The normalized spacial score (nSPS) is 14.6. The molecule has 1 aliphatic rings. The number of carbonyl (C=O) groups is 1. The zero-order valence-electron chi connectivity index (χ0n) is 14.7. The molecule has 1 aromatic heterocycles. The van der Waals surface area contributed by atoms with Gasteiger partial charge in [0.25, 0.3) is 5.91 Å². The largest absolute Gasteiger partial charge is 0.378 e. The van der Waals surface area contributed by atoms with E-state index in [0.29, 0.717) is 18.8 Å². The molecule has 0 spiro atoms. The van der Waals surface area contributed by atoms with E-state index in [9.17, 15) is 4.79 Å². The SMILES string of the molecule is CCn1nnc2cc(C(=O)Nc3ccccc3N3CCOCC3)ccc21. The number of amides is 1. The van der Waals surface area contributed by atoms with Gasteiger partial charge >= 0.3 is 0 Å². The highest BCUT2D eigenvalue weighted by Crippen LogP contribution is 2.27. The Morgan fingerprint density at radius 3 is 2.81 bits per heavy atom. The Morgan fingerprint density at radius 2 is 2.00 bits per heavy atom. The minimum Gasteiger partial charge on any atom is -0.378 e. The van der Waals surface area contributed by atoms with Crippen LogP contribution in [0.2, 0.25) is 0 Å². The van der Waals surface area contributed by atoms with Gasteiger partial charge in [-0.15, -0.1) is 5.10 Å². The van der Waals surface area contributed by atoms with Gasteiger partial charge in [-0.3, -0.25) is 4.79 Å². The zero-order valence-corrected chi connectivity index (χ0v) is 14.7. The summed E-state index contributed by atoms with van der Waals surface area (Å²) >= 11 is 0. The van der Waals surface area contributed by atoms with Gasteiger partial charge in [-0.25, -0.2) is 4.68 Å². The molecule has 0 atom stereocenters. The van der Waals surface area contributed by atoms with Gasteiger partial charge in [-0.05, 0) is 37.3 Å². The predicted molar refractivity (Wildman–Crippen MR) is 101 cm³/mol. The quantitative estimate of drug-likeness (QED) is 0.782. The highest BCUT2D eigenvalue weighted by Gasteiger charge is 2.17. The number of hydrogen-bond acceptors (Lipinski definition) is 5. The van der Waals surface area contributed by atoms with Crippen LogP contribution in [0.5, 0.6) is 0 Å². The maximum atomic E-state index is 12.8. The van der Waals surface area contributed by atoms with Crippen molar-refractivity contribution in [3.63, 3.8) is 0 Å². The number of aromatic nitrogens is 3. The lowest BCUT2D eigenvalue weighted by Gasteiger charge is -2.30. The van der Waals surface area contributed by atoms with E-state index in [1.807, 2.05) is 48.0 Å². The molecule has 7 nitrogen and oxygen atoms in total. The molecule has 134 valence electrons. The Labute approximate surface area is 151 Å². The molecule has 26 heavy (non-hydrogen) atoms. The Morgan fingerprint density at radius 1 is 1.19 bits per heavy atom. The lowest BCUT2D eigenvalue weighted by Crippen LogP contribution is -2.36. The first-order chi connectivity index (χ1) is 12.8. The van der Waals surface area contributed by atoms with Crippen LogP contribution in [0.1, 0.15) is 17.3 Å². The first-order valence-electron chi connectivity index (χ1n) is 8.82. The number of nitrogens with zero attached hydrogens (tertiary/aromatic N) is 4. The summed E-state index contributed by atoms with van der Waals surface area (Å²) in [6, 6.07) is 13.3. The van der Waals surface area contributed by atoms with E-state index in [0.717, 1.165) is 42.0 Å². The number of carbonyl (C=O) groups excluding carboxylic acids is 1. The van der Waals surface area contributed by atoms with Gasteiger partial charge in [0.1, 0.15) is 5.52 Å². The first kappa shape index (κ1) is 16.5. The summed E-state index contributed by atoms with van der Waals surface area (Å²) < 4.78 is 7.23. The molecule has 0 saturated carbocycles. The van der Waals surface area contributed by atoms with Gasteiger partial charge in [0.2, 0.25) is 0 Å². The molecule has 1 N–H and O–H groups in total. The summed E-state index contributed by atoms with van der Waals surface area (Å²) in [4.78, 5) is 15.0. The number of fused-ring (bicyclic) bond motifs is 1. The average molecular weight is 351 g/mol. The second-order valence-electron chi connectivity index (χ2n) is 6.18. The first-order valence-corrected chi connectivity index (χ1v) is 8.82. The number of hydrogen-bond donors (Lipinski definition) is 1. The molecule has 3 aromatic rings. The van der Waals surface area contributed by atoms with Gasteiger partial charge in [-0.1, -0.05) is 17.3 Å². The molecule has 1 fully saturated rings. The smallest absolute Gasteiger partial charge is 0.255 e. The number of morpholine rings is 1. The maximum absolute atomic E-state index is 12.8. The van der Waals surface area contributed by atoms with Crippen LogP contribution in [0.25, 0.3) is 11.0 Å². The zero-order chi connectivity index (χ0) is 17.9. The number of para-hydroxylation sites is 2. The van der Waals surface area contributed by atoms with Crippen LogP contribution in [-0.4, -0.2) is 47.2 Å². The molecule has 4 rings (SSSR count). The Bertz CT molecular complexity index is 931. The van der Waals surface area contributed by atoms with Gasteiger partial charge in [0, 0.05) is 25.2 Å². The lowest BCUT2D eigenvalue weighted by molar-refractivity contribution is 0.102. The molecular formula is C19H21N5O2. The molecule has 2 heterocycles. The van der Waals surface area contributed by atoms with E-state index in [2.05, 4.69) is 20.5 Å². The van der Waals surface area contributed by atoms with Crippen molar-refractivity contribution in [2.24, 2.45) is 0 Å². The third-order valence-electron chi connectivity index (χ3n) is 4.58. The standard InChI is InChI=1S/C19H21N5O2/c1-2-24-18-8-7-14(13-16(18)21-22-24)19(25)20-15-5-3-4-6-17(15)23-9-11-26-12-10-23/h3-8,13H,2,9-12H2,1H3,(H,20,25). The minimum atomic E-state index is -0.154. The number of anilines is 2. The van der Waals surface area contributed by atoms with Crippen molar-refractivity contribution in [3.05, 3.63) is 48.0 Å². The minimum absolute atomic E-state index is 0.154. The van der Waals surface area contributed by atoms with E-state index in [1.165, 1.54) is 0 Å². The molecule has 1 aliphatic heterocycles. The number of aryl methyl sites for hydroxylation is 1. The summed E-state index contributed by atoms with van der Waals surface area (Å²) in [5, 5.41) is 11.3. The van der Waals surface area contributed by atoms with E-state index >= 15 is 0 Å². The summed E-state index contributed by atoms with van der Waals surface area (Å²) in [5.74, 6) is -0.154. The van der Waals surface area contributed by atoms with Crippen molar-refractivity contribution in [3.8, 4) is 0 Å². The Kier molecular flexibility index (Phi) is 4.53. The van der Waals surface area contributed by atoms with E-state index in [4.69, 9.17) is 4.74 Å². The number of nitrogens with one attached hydrogen (secondary N) is 1. The van der Waals surface area contributed by atoms with Crippen molar-refractivity contribution in [1.82, 2.24) is 15.0 Å². The summed E-state index contributed by atoms with van der Waals surface area (Å²) in [7, 11) is 0. The van der Waals surface area contributed by atoms with Crippen molar-refractivity contribution < 1.29 is 9.53 Å². The fourth-order valence-corrected chi connectivity index (χ4v) is 3.20. The Balaban J connectivity index is 1.58. The van der Waals surface area contributed by atoms with Crippen molar-refractivity contribution in [1.29, 1.82) is 0 Å². The van der Waals surface area contributed by atoms with Gasteiger partial charge in [0.05, 0.1) is 30.1 Å². The molecule has 0 radical (unpaired) electrons. The summed E-state index contributed by atoms with van der Waals surface area (Å²) in [6.45, 7) is 5.79. The molecule has 1 amide bonds. The fraction of sp³-hybridized carbons (Fsp3) is 0.316. The lowest BCUT2D eigenvalue weighted by atomic mass is 10.1. The number of ether oxygens (including phenoxy) is 1. The fourth-order valence-electron chi connectivity index (χ4n) is 3.20. The van der Waals surface area contributed by atoms with E-state index in [-0.39, 0.29) is 5.91 Å². The third kappa shape index (κ3) is 3.13. The van der Waals surface area contributed by atoms with Crippen LogP contribution in [0.3, 0.4) is 0 Å². The molecule has 2 aromatic carbocycles. The van der Waals surface area contributed by atoms with E-state index < -0.39 is 0 Å². The van der Waals surface area contributed by atoms with Crippen LogP contribution < -0.4 is 10.2 Å². The van der Waals surface area contributed by atoms with Crippen molar-refractivity contribution >= 4 is 28.3 Å². The van der Waals surface area contributed by atoms with E-state index in [1.54, 1.807) is 6.07 Å². The molecule has 0 aliphatic carbocycles. The second-order valence-corrected chi connectivity index (χ2v) is 6.18. The molecule has 7 heteroatoms. The van der Waals surface area contributed by atoms with Gasteiger partial charge in [-0.2, -0.15) is 0 Å². The maximum Gasteiger partial charge on any atom is 0.255 e. The Hall–Kier alpha value is -2.93. The molecule has 0 unspecified atom stereocenters. The molecular weight excluding hydrogens is 330 g/mol.